The summed E-state index contributed by atoms with van der Waals surface area (Å²) in [6, 6.07) is 0.299. The first-order valence-corrected chi connectivity index (χ1v) is 11.8. The summed E-state index contributed by atoms with van der Waals surface area (Å²) < 4.78 is 41.4. The molecule has 5 fully saturated rings. The minimum Gasteiger partial charge on any atom is -0.349 e. The molecule has 2 unspecified atom stereocenters. The lowest BCUT2D eigenvalue weighted by atomic mass is 9.65. The van der Waals surface area contributed by atoms with Crippen molar-refractivity contribution in [3.63, 3.8) is 0 Å². The van der Waals surface area contributed by atoms with Gasteiger partial charge in [-0.15, -0.1) is 12.4 Å². The topological polar surface area (TPSA) is 49.8 Å². The fourth-order valence-corrected chi connectivity index (χ4v) is 6.95. The predicted octanol–water partition coefficient (Wildman–Crippen LogP) is 6.11. The van der Waals surface area contributed by atoms with Gasteiger partial charge in [0.2, 0.25) is 5.95 Å². The van der Waals surface area contributed by atoms with Crippen LogP contribution in [0.3, 0.4) is 0 Å². The summed E-state index contributed by atoms with van der Waals surface area (Å²) in [5.74, 6) is 2.38. The quantitative estimate of drug-likeness (QED) is 0.558. The molecule has 174 valence electrons. The highest BCUT2D eigenvalue weighted by molar-refractivity contribution is 5.85. The first kappa shape index (κ1) is 23.1. The number of rotatable bonds is 5. The Labute approximate surface area is 189 Å². The van der Waals surface area contributed by atoms with E-state index < -0.39 is 11.9 Å². The predicted molar refractivity (Wildman–Crippen MR) is 117 cm³/mol. The Morgan fingerprint density at radius 3 is 2.32 bits per heavy atom. The molecule has 0 aliphatic heterocycles. The molecule has 0 amide bonds. The fourth-order valence-electron chi connectivity index (χ4n) is 6.95. The van der Waals surface area contributed by atoms with Gasteiger partial charge >= 0.3 is 6.18 Å². The summed E-state index contributed by atoms with van der Waals surface area (Å²) >= 11 is 0. The van der Waals surface area contributed by atoms with Crippen molar-refractivity contribution in [1.29, 1.82) is 0 Å². The Morgan fingerprint density at radius 1 is 0.968 bits per heavy atom. The van der Waals surface area contributed by atoms with Crippen molar-refractivity contribution < 1.29 is 13.2 Å². The van der Waals surface area contributed by atoms with Gasteiger partial charge in [0.15, 0.2) is 5.69 Å². The molecule has 4 bridgehead atoms. The third-order valence-corrected chi connectivity index (χ3v) is 8.09. The van der Waals surface area contributed by atoms with Gasteiger partial charge in [-0.05, 0) is 75.5 Å². The zero-order chi connectivity index (χ0) is 20.8. The third-order valence-electron chi connectivity index (χ3n) is 8.09. The number of halogens is 4. The number of aromatic nitrogens is 2. The molecule has 5 saturated carbocycles. The number of nitrogens with one attached hydrogen (secondary N) is 2. The van der Waals surface area contributed by atoms with Crippen LogP contribution < -0.4 is 10.6 Å². The van der Waals surface area contributed by atoms with Gasteiger partial charge < -0.3 is 10.6 Å². The summed E-state index contributed by atoms with van der Waals surface area (Å²) in [6.45, 7) is 0.177. The largest absolute Gasteiger partial charge is 0.433 e. The summed E-state index contributed by atoms with van der Waals surface area (Å²) in [5.41, 5.74) is -0.755. The van der Waals surface area contributed by atoms with E-state index in [-0.39, 0.29) is 36.0 Å². The van der Waals surface area contributed by atoms with E-state index in [9.17, 15) is 13.2 Å². The number of alkyl halides is 3. The monoisotopic (exact) mass is 458 g/mol. The Balaban J connectivity index is 0.00000231. The number of fused-ring (bicyclic) bond motifs is 1. The molecule has 1 aromatic rings. The van der Waals surface area contributed by atoms with Crippen LogP contribution in [0.1, 0.15) is 88.3 Å². The average Bonchev–Trinajstić information content (AvgIpc) is 2.90. The maximum absolute atomic E-state index is 13.8. The lowest BCUT2D eigenvalue weighted by Crippen LogP contribution is -2.45. The summed E-state index contributed by atoms with van der Waals surface area (Å²) in [5, 5.41) is 6.73. The Hall–Kier alpha value is -1.08. The molecule has 6 rings (SSSR count). The van der Waals surface area contributed by atoms with Crippen molar-refractivity contribution in [3.05, 3.63) is 17.5 Å². The molecule has 5 aliphatic rings. The van der Waals surface area contributed by atoms with Gasteiger partial charge in [-0.3, -0.25) is 0 Å². The average molecular weight is 459 g/mol. The summed E-state index contributed by atoms with van der Waals surface area (Å²) in [6.07, 6.45) is 10.7. The fraction of sp³-hybridized carbons (Fsp3) is 0.826. The minimum atomic E-state index is -4.47. The highest BCUT2D eigenvalue weighted by Gasteiger charge is 2.48. The second kappa shape index (κ2) is 9.05. The maximum atomic E-state index is 13.8. The van der Waals surface area contributed by atoms with Crippen molar-refractivity contribution in [3.8, 4) is 0 Å². The SMILES string of the molecule is Cl.FC(F)(F)c1nc(NC23CCC4CC(CC(C4)C2)C3)ncc1CNC1CCCCC1. The molecule has 5 aliphatic carbocycles. The van der Waals surface area contributed by atoms with Crippen LogP contribution in [-0.2, 0) is 12.7 Å². The number of anilines is 1. The molecule has 0 radical (unpaired) electrons. The molecule has 31 heavy (non-hydrogen) atoms. The maximum Gasteiger partial charge on any atom is 0.433 e. The van der Waals surface area contributed by atoms with E-state index in [1.54, 1.807) is 0 Å². The van der Waals surface area contributed by atoms with Crippen LogP contribution in [0, 0.1) is 17.8 Å². The van der Waals surface area contributed by atoms with E-state index in [0.29, 0.717) is 17.9 Å². The van der Waals surface area contributed by atoms with Crippen molar-refractivity contribution in [2.75, 3.05) is 5.32 Å². The second-order valence-corrected chi connectivity index (χ2v) is 10.4. The van der Waals surface area contributed by atoms with Gasteiger partial charge in [-0.1, -0.05) is 19.3 Å². The smallest absolute Gasteiger partial charge is 0.349 e. The molecule has 2 N–H and O–H groups in total. The Kier molecular flexibility index (Phi) is 6.74. The van der Waals surface area contributed by atoms with Gasteiger partial charge in [0.1, 0.15) is 0 Å². The van der Waals surface area contributed by atoms with Crippen LogP contribution in [0.2, 0.25) is 0 Å². The first-order valence-electron chi connectivity index (χ1n) is 11.8. The molecule has 4 nitrogen and oxygen atoms in total. The van der Waals surface area contributed by atoms with Crippen molar-refractivity contribution >= 4 is 18.4 Å². The zero-order valence-electron chi connectivity index (χ0n) is 18.0. The summed E-state index contributed by atoms with van der Waals surface area (Å²) in [4.78, 5) is 8.39. The van der Waals surface area contributed by atoms with Gasteiger partial charge in [0.25, 0.3) is 0 Å². The van der Waals surface area contributed by atoms with Crippen LogP contribution in [0.25, 0.3) is 0 Å². The van der Waals surface area contributed by atoms with Gasteiger partial charge in [0.05, 0.1) is 0 Å². The zero-order valence-corrected chi connectivity index (χ0v) is 18.8. The highest BCUT2D eigenvalue weighted by atomic mass is 35.5. The summed E-state index contributed by atoms with van der Waals surface area (Å²) in [7, 11) is 0. The van der Waals surface area contributed by atoms with Crippen LogP contribution in [0.5, 0.6) is 0 Å². The molecule has 0 aromatic carbocycles. The Morgan fingerprint density at radius 2 is 1.65 bits per heavy atom. The van der Waals surface area contributed by atoms with Crippen LogP contribution in [0.15, 0.2) is 6.20 Å². The second-order valence-electron chi connectivity index (χ2n) is 10.4. The van der Waals surface area contributed by atoms with Crippen LogP contribution in [-0.4, -0.2) is 21.5 Å². The van der Waals surface area contributed by atoms with E-state index in [0.717, 1.165) is 50.9 Å². The third kappa shape index (κ3) is 5.13. The molecule has 8 heteroatoms. The lowest BCUT2D eigenvalue weighted by molar-refractivity contribution is -0.141. The first-order chi connectivity index (χ1) is 14.4. The molecular weight excluding hydrogens is 425 g/mol. The van der Waals surface area contributed by atoms with E-state index in [4.69, 9.17) is 0 Å². The number of hydrogen-bond donors (Lipinski definition) is 2. The van der Waals surface area contributed by atoms with E-state index in [1.165, 1.54) is 38.3 Å². The van der Waals surface area contributed by atoms with Crippen LogP contribution >= 0.6 is 12.4 Å². The number of hydrogen-bond acceptors (Lipinski definition) is 4. The number of nitrogens with zero attached hydrogens (tertiary/aromatic N) is 2. The van der Waals surface area contributed by atoms with E-state index in [2.05, 4.69) is 20.6 Å². The van der Waals surface area contributed by atoms with Gasteiger partial charge in [-0.25, -0.2) is 9.97 Å². The van der Waals surface area contributed by atoms with Gasteiger partial charge in [0, 0.05) is 29.9 Å². The molecule has 0 saturated heterocycles. The highest BCUT2D eigenvalue weighted by Crippen LogP contribution is 2.53. The van der Waals surface area contributed by atoms with Crippen molar-refractivity contribution in [2.24, 2.45) is 17.8 Å². The normalized spacial score (nSPS) is 33.1. The van der Waals surface area contributed by atoms with Gasteiger partial charge in [-0.2, -0.15) is 13.2 Å². The molecule has 0 spiro atoms. The molecule has 2 atom stereocenters. The van der Waals surface area contributed by atoms with Crippen molar-refractivity contribution in [2.45, 2.75) is 101 Å². The van der Waals surface area contributed by atoms with Crippen LogP contribution in [0.4, 0.5) is 19.1 Å². The molecular formula is C23H34ClF3N4. The standard InChI is InChI=1S/C23H33F3N4.ClH/c24-23(25,26)20-18(13-27-19-4-2-1-3-5-19)14-28-21(29-20)30-22-7-6-15-8-16(11-22)10-17(9-15)12-22;/h14-17,19,27H,1-13H2,(H,28,29,30);1H. The lowest BCUT2D eigenvalue weighted by Gasteiger charge is -2.45. The van der Waals surface area contributed by atoms with Crippen molar-refractivity contribution in [1.82, 2.24) is 15.3 Å². The van der Waals surface area contributed by atoms with E-state index >= 15 is 0 Å². The molecule has 1 aromatic heterocycles. The minimum absolute atomic E-state index is 0. The molecule has 1 heterocycles. The Bertz CT molecular complexity index is 752. The van der Waals surface area contributed by atoms with E-state index in [1.807, 2.05) is 0 Å².